The number of nitrogens with two attached hydrogens (primary N) is 1. The van der Waals surface area contributed by atoms with Gasteiger partial charge in [0, 0.05) is 24.7 Å². The van der Waals surface area contributed by atoms with Crippen molar-refractivity contribution in [3.63, 3.8) is 0 Å². The molecule has 0 saturated heterocycles. The second-order valence-electron chi connectivity index (χ2n) is 3.84. The van der Waals surface area contributed by atoms with E-state index in [1.165, 1.54) is 6.07 Å². The minimum absolute atomic E-state index is 0.221. The fraction of sp³-hybridized carbons (Fsp3) is 0.231. The van der Waals surface area contributed by atoms with Crippen LogP contribution in [-0.2, 0) is 13.0 Å². The van der Waals surface area contributed by atoms with Gasteiger partial charge in [-0.2, -0.15) is 0 Å². The number of halogens is 1. The molecule has 0 aliphatic rings. The molecule has 0 bridgehead atoms. The number of nitrogens with zero attached hydrogens (tertiary/aromatic N) is 2. The lowest BCUT2D eigenvalue weighted by Gasteiger charge is -2.07. The first-order valence-corrected chi connectivity index (χ1v) is 5.79. The van der Waals surface area contributed by atoms with Gasteiger partial charge in [-0.1, -0.05) is 18.2 Å². The van der Waals surface area contributed by atoms with E-state index in [2.05, 4.69) is 15.3 Å². The number of nitrogens with one attached hydrogen (secondary N) is 1. The summed E-state index contributed by atoms with van der Waals surface area (Å²) in [4.78, 5) is 8.38. The highest BCUT2D eigenvalue weighted by atomic mass is 19.1. The molecule has 94 valence electrons. The Morgan fingerprint density at radius 1 is 1.22 bits per heavy atom. The summed E-state index contributed by atoms with van der Waals surface area (Å²) in [6.45, 7) is 0.905. The zero-order valence-electron chi connectivity index (χ0n) is 9.94. The van der Waals surface area contributed by atoms with Crippen LogP contribution >= 0.6 is 0 Å². The van der Waals surface area contributed by atoms with Crippen LogP contribution in [-0.4, -0.2) is 16.5 Å². The quantitative estimate of drug-likeness (QED) is 0.843. The van der Waals surface area contributed by atoms with Gasteiger partial charge in [0.25, 0.3) is 0 Å². The van der Waals surface area contributed by atoms with Gasteiger partial charge < -0.3 is 11.1 Å². The van der Waals surface area contributed by atoms with Crippen LogP contribution in [0.15, 0.2) is 36.5 Å². The highest BCUT2D eigenvalue weighted by Gasteiger charge is 2.02. The second-order valence-corrected chi connectivity index (χ2v) is 3.84. The molecule has 1 heterocycles. The lowest BCUT2D eigenvalue weighted by atomic mass is 10.2. The lowest BCUT2D eigenvalue weighted by molar-refractivity contribution is 0.613. The third-order valence-corrected chi connectivity index (χ3v) is 2.49. The van der Waals surface area contributed by atoms with Crippen LogP contribution in [0.1, 0.15) is 11.4 Å². The Hall–Kier alpha value is -2.01. The maximum atomic E-state index is 13.4. The van der Waals surface area contributed by atoms with E-state index in [9.17, 15) is 4.39 Å². The average Bonchev–Trinajstić information content (AvgIpc) is 2.39. The van der Waals surface area contributed by atoms with Gasteiger partial charge in [-0.15, -0.1) is 0 Å². The van der Waals surface area contributed by atoms with Gasteiger partial charge >= 0.3 is 0 Å². The molecule has 2 rings (SSSR count). The molecule has 0 atom stereocenters. The van der Waals surface area contributed by atoms with Crippen molar-refractivity contribution in [2.24, 2.45) is 5.73 Å². The molecule has 2 aromatic rings. The zero-order valence-corrected chi connectivity index (χ0v) is 9.94. The monoisotopic (exact) mass is 246 g/mol. The average molecular weight is 246 g/mol. The molecule has 0 aliphatic heterocycles. The topological polar surface area (TPSA) is 63.8 Å². The summed E-state index contributed by atoms with van der Waals surface area (Å²) in [7, 11) is 0. The third-order valence-electron chi connectivity index (χ3n) is 2.49. The molecule has 5 heteroatoms. The summed E-state index contributed by atoms with van der Waals surface area (Å²) >= 11 is 0. The molecule has 1 aromatic carbocycles. The summed E-state index contributed by atoms with van der Waals surface area (Å²) in [5.41, 5.74) is 6.05. The maximum Gasteiger partial charge on any atom is 0.131 e. The van der Waals surface area contributed by atoms with Crippen LogP contribution in [0.4, 0.5) is 10.2 Å². The number of anilines is 1. The fourth-order valence-electron chi connectivity index (χ4n) is 1.57. The Morgan fingerprint density at radius 2 is 2.06 bits per heavy atom. The molecule has 0 fully saturated rings. The second kappa shape index (κ2) is 6.07. The molecule has 0 amide bonds. The fourth-order valence-corrected chi connectivity index (χ4v) is 1.57. The van der Waals surface area contributed by atoms with Crippen LogP contribution in [0.25, 0.3) is 0 Å². The van der Waals surface area contributed by atoms with Gasteiger partial charge in [0.15, 0.2) is 0 Å². The molecule has 0 radical (unpaired) electrons. The molecule has 3 N–H and O–H groups in total. The number of hydrogen-bond acceptors (Lipinski definition) is 4. The van der Waals surface area contributed by atoms with Gasteiger partial charge in [-0.3, -0.25) is 0 Å². The lowest BCUT2D eigenvalue weighted by Crippen LogP contribution is -2.09. The zero-order chi connectivity index (χ0) is 12.8. The molecule has 0 unspecified atom stereocenters. The van der Waals surface area contributed by atoms with Crippen molar-refractivity contribution in [1.29, 1.82) is 0 Å². The van der Waals surface area contributed by atoms with E-state index in [1.807, 2.05) is 0 Å². The summed E-state index contributed by atoms with van der Waals surface area (Å²) in [5, 5.41) is 3.07. The molecule has 4 nitrogen and oxygen atoms in total. The normalized spacial score (nSPS) is 10.3. The van der Waals surface area contributed by atoms with Crippen molar-refractivity contribution in [3.8, 4) is 0 Å². The van der Waals surface area contributed by atoms with Gasteiger partial charge in [-0.25, -0.2) is 14.4 Å². The number of aromatic nitrogens is 2. The van der Waals surface area contributed by atoms with Crippen molar-refractivity contribution < 1.29 is 4.39 Å². The summed E-state index contributed by atoms with van der Waals surface area (Å²) in [5.74, 6) is 1.15. The predicted octanol–water partition coefficient (Wildman–Crippen LogP) is 1.73. The molecule has 0 aliphatic carbocycles. The van der Waals surface area contributed by atoms with E-state index in [-0.39, 0.29) is 5.82 Å². The highest BCUT2D eigenvalue weighted by Crippen LogP contribution is 2.09. The minimum atomic E-state index is -0.221. The van der Waals surface area contributed by atoms with E-state index in [0.717, 1.165) is 0 Å². The third kappa shape index (κ3) is 3.24. The van der Waals surface area contributed by atoms with Gasteiger partial charge in [0.1, 0.15) is 17.5 Å². The summed E-state index contributed by atoms with van der Waals surface area (Å²) < 4.78 is 13.4. The van der Waals surface area contributed by atoms with E-state index in [1.54, 1.807) is 30.5 Å². The van der Waals surface area contributed by atoms with Crippen molar-refractivity contribution in [3.05, 3.63) is 53.7 Å². The molecular formula is C13H15FN4. The minimum Gasteiger partial charge on any atom is -0.366 e. The Kier molecular flexibility index (Phi) is 4.20. The van der Waals surface area contributed by atoms with Crippen molar-refractivity contribution >= 4 is 5.82 Å². The molecule has 0 saturated carbocycles. The number of benzene rings is 1. The summed E-state index contributed by atoms with van der Waals surface area (Å²) in [6.07, 6.45) is 2.30. The standard InChI is InChI=1S/C13H15FN4/c14-11-4-2-1-3-10(11)9-17-13-6-8-16-12(18-13)5-7-15/h1-4,6,8H,5,7,9,15H2,(H,16,17,18). The first-order chi connectivity index (χ1) is 8.79. The molecule has 1 aromatic heterocycles. The maximum absolute atomic E-state index is 13.4. The van der Waals surface area contributed by atoms with E-state index in [4.69, 9.17) is 5.73 Å². The van der Waals surface area contributed by atoms with Crippen LogP contribution in [0.5, 0.6) is 0 Å². The number of hydrogen-bond donors (Lipinski definition) is 2. The van der Waals surface area contributed by atoms with Crippen LogP contribution in [0.3, 0.4) is 0 Å². The van der Waals surface area contributed by atoms with Crippen LogP contribution < -0.4 is 11.1 Å². The van der Waals surface area contributed by atoms with E-state index in [0.29, 0.717) is 36.7 Å². The predicted molar refractivity (Wildman–Crippen MR) is 68.5 cm³/mol. The van der Waals surface area contributed by atoms with Gasteiger partial charge in [-0.05, 0) is 18.7 Å². The smallest absolute Gasteiger partial charge is 0.131 e. The first-order valence-electron chi connectivity index (χ1n) is 5.79. The van der Waals surface area contributed by atoms with Crippen molar-refractivity contribution in [2.45, 2.75) is 13.0 Å². The highest BCUT2D eigenvalue weighted by molar-refractivity contribution is 5.34. The van der Waals surface area contributed by atoms with Crippen LogP contribution in [0.2, 0.25) is 0 Å². The number of rotatable bonds is 5. The first kappa shape index (κ1) is 12.4. The SMILES string of the molecule is NCCc1nccc(NCc2ccccc2F)n1. The van der Waals surface area contributed by atoms with Gasteiger partial charge in [0.2, 0.25) is 0 Å². The Balaban J connectivity index is 2.02. The van der Waals surface area contributed by atoms with Gasteiger partial charge in [0.05, 0.1) is 0 Å². The molecule has 18 heavy (non-hydrogen) atoms. The van der Waals surface area contributed by atoms with E-state index < -0.39 is 0 Å². The Bertz CT molecular complexity index is 516. The summed E-state index contributed by atoms with van der Waals surface area (Å²) in [6, 6.07) is 8.41. The molecule has 0 spiro atoms. The Labute approximate surface area is 105 Å². The largest absolute Gasteiger partial charge is 0.366 e. The van der Waals surface area contributed by atoms with E-state index >= 15 is 0 Å². The molecular weight excluding hydrogens is 231 g/mol. The van der Waals surface area contributed by atoms with Crippen molar-refractivity contribution in [2.75, 3.05) is 11.9 Å². The van der Waals surface area contributed by atoms with Crippen LogP contribution in [0, 0.1) is 5.82 Å². The Morgan fingerprint density at radius 3 is 2.83 bits per heavy atom. The van der Waals surface area contributed by atoms with Crippen molar-refractivity contribution in [1.82, 2.24) is 9.97 Å².